The number of esters is 1. The molecule has 2 aromatic heterocycles. The minimum absolute atomic E-state index is 0.323. The third-order valence-corrected chi connectivity index (χ3v) is 4.43. The van der Waals surface area contributed by atoms with Crippen LogP contribution in [0.3, 0.4) is 0 Å². The predicted octanol–water partition coefficient (Wildman–Crippen LogP) is 2.95. The molecule has 4 nitrogen and oxygen atoms in total. The lowest BCUT2D eigenvalue weighted by molar-refractivity contribution is 0.0605. The van der Waals surface area contributed by atoms with Crippen LogP contribution in [0.1, 0.15) is 20.2 Å². The number of carbonyl (C=O) groups excluding carboxylic acids is 1. The Hall–Kier alpha value is -1.40. The molecule has 0 aliphatic rings. The summed E-state index contributed by atoms with van der Waals surface area (Å²) in [6.45, 7) is 2.63. The minimum Gasteiger partial charge on any atom is -0.465 e. The van der Waals surface area contributed by atoms with E-state index in [0.717, 1.165) is 18.1 Å². The molecule has 18 heavy (non-hydrogen) atoms. The first kappa shape index (κ1) is 13.0. The van der Waals surface area contributed by atoms with Crippen LogP contribution in [0.25, 0.3) is 0 Å². The third kappa shape index (κ3) is 3.08. The number of nitrogens with zero attached hydrogens (tertiary/aromatic N) is 1. The fourth-order valence-corrected chi connectivity index (χ4v) is 3.12. The predicted molar refractivity (Wildman–Crippen MR) is 74.7 cm³/mol. The highest BCUT2D eigenvalue weighted by Crippen LogP contribution is 2.23. The zero-order chi connectivity index (χ0) is 13.0. The summed E-state index contributed by atoms with van der Waals surface area (Å²) in [5.74, 6) is -0.323. The van der Waals surface area contributed by atoms with Gasteiger partial charge in [0.2, 0.25) is 0 Å². The van der Waals surface area contributed by atoms with E-state index < -0.39 is 0 Å². The Morgan fingerprint density at radius 2 is 2.39 bits per heavy atom. The molecule has 0 aliphatic heterocycles. The number of hydrogen-bond acceptors (Lipinski definition) is 6. The third-order valence-electron chi connectivity index (χ3n) is 2.40. The molecule has 0 aromatic carbocycles. The molecule has 0 amide bonds. The summed E-state index contributed by atoms with van der Waals surface area (Å²) >= 11 is 3.08. The summed E-state index contributed by atoms with van der Waals surface area (Å²) in [5.41, 5.74) is 0.713. The number of anilines is 1. The number of aromatic nitrogens is 1. The summed E-state index contributed by atoms with van der Waals surface area (Å²) in [4.78, 5) is 17.6. The fraction of sp³-hybridized carbons (Fsp3) is 0.333. The van der Waals surface area contributed by atoms with E-state index in [-0.39, 0.29) is 5.97 Å². The van der Waals surface area contributed by atoms with Crippen molar-refractivity contribution >= 4 is 33.8 Å². The van der Waals surface area contributed by atoms with Gasteiger partial charge in [-0.1, -0.05) is 17.4 Å². The first-order valence-corrected chi connectivity index (χ1v) is 7.22. The zero-order valence-corrected chi connectivity index (χ0v) is 11.9. The van der Waals surface area contributed by atoms with E-state index in [0.29, 0.717) is 10.6 Å². The van der Waals surface area contributed by atoms with Gasteiger partial charge in [-0.25, -0.2) is 9.78 Å². The second kappa shape index (κ2) is 5.97. The lowest BCUT2D eigenvalue weighted by Gasteiger charge is -1.99. The molecule has 0 bridgehead atoms. The molecule has 0 fully saturated rings. The molecule has 0 saturated heterocycles. The van der Waals surface area contributed by atoms with Gasteiger partial charge in [0.15, 0.2) is 5.13 Å². The lowest BCUT2D eigenvalue weighted by Crippen LogP contribution is -2.03. The van der Waals surface area contributed by atoms with Gasteiger partial charge < -0.3 is 10.1 Å². The van der Waals surface area contributed by atoms with Crippen molar-refractivity contribution in [3.63, 3.8) is 0 Å². The molecule has 6 heteroatoms. The van der Waals surface area contributed by atoms with Gasteiger partial charge in [-0.2, -0.15) is 0 Å². The number of thiophene rings is 1. The number of ether oxygens (including phenoxy) is 1. The Morgan fingerprint density at radius 3 is 3.06 bits per heavy atom. The van der Waals surface area contributed by atoms with Crippen molar-refractivity contribution in [1.29, 1.82) is 0 Å². The van der Waals surface area contributed by atoms with Crippen LogP contribution in [0.2, 0.25) is 0 Å². The maximum absolute atomic E-state index is 11.4. The fourth-order valence-electron chi connectivity index (χ4n) is 1.50. The molecule has 0 aliphatic carbocycles. The smallest absolute Gasteiger partial charge is 0.350 e. The Balaban J connectivity index is 1.92. The van der Waals surface area contributed by atoms with Crippen LogP contribution in [0.4, 0.5) is 5.13 Å². The minimum atomic E-state index is -0.323. The van der Waals surface area contributed by atoms with Crippen LogP contribution in [-0.2, 0) is 11.2 Å². The molecule has 1 N–H and O–H groups in total. The number of methoxy groups -OCH3 is 1. The van der Waals surface area contributed by atoms with Crippen molar-refractivity contribution in [2.24, 2.45) is 0 Å². The average Bonchev–Trinajstić information content (AvgIpc) is 2.98. The van der Waals surface area contributed by atoms with Crippen LogP contribution in [0.5, 0.6) is 0 Å². The van der Waals surface area contributed by atoms with Crippen molar-refractivity contribution < 1.29 is 9.53 Å². The molecule has 0 unspecified atom stereocenters. The Bertz CT molecular complexity index is 520. The first-order chi connectivity index (χ1) is 8.70. The largest absolute Gasteiger partial charge is 0.465 e. The SMILES string of the molecule is COC(=O)c1sc(NCCc2cccs2)nc1C. The van der Waals surface area contributed by atoms with E-state index in [2.05, 4.69) is 21.7 Å². The van der Waals surface area contributed by atoms with Gasteiger partial charge in [0.05, 0.1) is 12.8 Å². The first-order valence-electron chi connectivity index (χ1n) is 5.52. The highest BCUT2D eigenvalue weighted by molar-refractivity contribution is 7.17. The second-order valence-electron chi connectivity index (χ2n) is 3.68. The van der Waals surface area contributed by atoms with Gasteiger partial charge in [0.25, 0.3) is 0 Å². The number of carbonyl (C=O) groups is 1. The number of thiazole rings is 1. The van der Waals surface area contributed by atoms with Gasteiger partial charge in [0.1, 0.15) is 4.88 Å². The Kier molecular flexibility index (Phi) is 4.33. The molecular weight excluding hydrogens is 268 g/mol. The number of nitrogens with one attached hydrogen (secondary N) is 1. The molecule has 96 valence electrons. The van der Waals surface area contributed by atoms with E-state index in [4.69, 9.17) is 4.74 Å². The van der Waals surface area contributed by atoms with Crippen LogP contribution < -0.4 is 5.32 Å². The lowest BCUT2D eigenvalue weighted by atomic mass is 10.3. The van der Waals surface area contributed by atoms with Crippen molar-refractivity contribution in [2.45, 2.75) is 13.3 Å². The number of aryl methyl sites for hydroxylation is 1. The Morgan fingerprint density at radius 1 is 1.56 bits per heavy atom. The monoisotopic (exact) mass is 282 g/mol. The van der Waals surface area contributed by atoms with Gasteiger partial charge >= 0.3 is 5.97 Å². The number of hydrogen-bond donors (Lipinski definition) is 1. The van der Waals surface area contributed by atoms with E-state index >= 15 is 0 Å². The molecule has 2 heterocycles. The van der Waals surface area contributed by atoms with Crippen molar-refractivity contribution in [3.8, 4) is 0 Å². The maximum atomic E-state index is 11.4. The van der Waals surface area contributed by atoms with E-state index in [9.17, 15) is 4.79 Å². The van der Waals surface area contributed by atoms with Crippen molar-refractivity contribution in [3.05, 3.63) is 33.0 Å². The Labute approximate surface area is 114 Å². The van der Waals surface area contributed by atoms with Gasteiger partial charge in [-0.05, 0) is 24.8 Å². The molecule has 0 spiro atoms. The number of rotatable bonds is 5. The second-order valence-corrected chi connectivity index (χ2v) is 5.71. The van der Waals surface area contributed by atoms with Crippen LogP contribution in [-0.4, -0.2) is 24.6 Å². The highest BCUT2D eigenvalue weighted by atomic mass is 32.1. The maximum Gasteiger partial charge on any atom is 0.350 e. The zero-order valence-electron chi connectivity index (χ0n) is 10.2. The summed E-state index contributed by atoms with van der Waals surface area (Å²) in [6.07, 6.45) is 0.962. The quantitative estimate of drug-likeness (QED) is 0.857. The topological polar surface area (TPSA) is 51.2 Å². The molecule has 2 rings (SSSR count). The average molecular weight is 282 g/mol. The van der Waals surface area contributed by atoms with E-state index in [1.807, 2.05) is 13.0 Å². The van der Waals surface area contributed by atoms with Gasteiger partial charge in [-0.15, -0.1) is 11.3 Å². The van der Waals surface area contributed by atoms with E-state index in [1.165, 1.54) is 23.3 Å². The molecule has 2 aromatic rings. The van der Waals surface area contributed by atoms with E-state index in [1.54, 1.807) is 11.3 Å². The molecule has 0 atom stereocenters. The van der Waals surface area contributed by atoms with Crippen molar-refractivity contribution in [1.82, 2.24) is 4.98 Å². The summed E-state index contributed by atoms with van der Waals surface area (Å²) in [6, 6.07) is 4.15. The van der Waals surface area contributed by atoms with Crippen LogP contribution in [0, 0.1) is 6.92 Å². The summed E-state index contributed by atoms with van der Waals surface area (Å²) in [7, 11) is 1.38. The molecular formula is C12H14N2O2S2. The highest BCUT2D eigenvalue weighted by Gasteiger charge is 2.15. The van der Waals surface area contributed by atoms with Crippen LogP contribution >= 0.6 is 22.7 Å². The standard InChI is InChI=1S/C12H14N2O2S2/c1-8-10(11(15)16-2)18-12(14-8)13-6-5-9-4-3-7-17-9/h3-4,7H,5-6H2,1-2H3,(H,13,14). The van der Waals surface area contributed by atoms with Gasteiger partial charge in [-0.3, -0.25) is 0 Å². The van der Waals surface area contributed by atoms with Crippen molar-refractivity contribution in [2.75, 3.05) is 19.0 Å². The normalized spacial score (nSPS) is 10.3. The summed E-state index contributed by atoms with van der Waals surface area (Å²) < 4.78 is 4.70. The summed E-state index contributed by atoms with van der Waals surface area (Å²) in [5, 5.41) is 6.07. The van der Waals surface area contributed by atoms with Gasteiger partial charge in [0, 0.05) is 11.4 Å². The molecule has 0 saturated carbocycles. The van der Waals surface area contributed by atoms with Crippen LogP contribution in [0.15, 0.2) is 17.5 Å². The molecule has 0 radical (unpaired) electrons.